The number of carboxylic acids is 1. The van der Waals surface area contributed by atoms with E-state index in [2.05, 4.69) is 9.88 Å². The average Bonchev–Trinajstić information content (AvgIpc) is 3.09. The number of nitrogens with zero attached hydrogens (tertiary/aromatic N) is 2. The number of carbonyl (C=O) groups is 1. The molecular weight excluding hydrogens is 256 g/mol. The smallest absolute Gasteiger partial charge is 0.347 e. The molecule has 1 aromatic rings. The fourth-order valence-electron chi connectivity index (χ4n) is 2.00. The molecule has 0 radical (unpaired) electrons. The molecule has 0 aromatic carbocycles. The molecular formula is C11H14N2O2S2. The van der Waals surface area contributed by atoms with Crippen molar-refractivity contribution >= 4 is 34.2 Å². The molecule has 0 amide bonds. The van der Waals surface area contributed by atoms with Gasteiger partial charge in [0.15, 0.2) is 5.13 Å². The normalized spacial score (nSPS) is 20.6. The highest BCUT2D eigenvalue weighted by atomic mass is 32.2. The summed E-state index contributed by atoms with van der Waals surface area (Å²) < 4.78 is 0. The van der Waals surface area contributed by atoms with Gasteiger partial charge in [0.1, 0.15) is 4.88 Å². The molecule has 1 aliphatic carbocycles. The van der Waals surface area contributed by atoms with E-state index in [1.807, 2.05) is 11.8 Å². The minimum atomic E-state index is -0.818. The first-order valence-electron chi connectivity index (χ1n) is 5.82. The lowest BCUT2D eigenvalue weighted by Crippen LogP contribution is -2.32. The third-order valence-corrected chi connectivity index (χ3v) is 5.14. The molecule has 1 N–H and O–H groups in total. The number of thioether (sulfide) groups is 1. The van der Waals surface area contributed by atoms with Crippen molar-refractivity contribution in [1.29, 1.82) is 0 Å². The third kappa shape index (κ3) is 2.28. The van der Waals surface area contributed by atoms with Crippen molar-refractivity contribution < 1.29 is 9.90 Å². The molecule has 0 bridgehead atoms. The Morgan fingerprint density at radius 2 is 2.06 bits per heavy atom. The van der Waals surface area contributed by atoms with E-state index in [9.17, 15) is 9.90 Å². The van der Waals surface area contributed by atoms with Crippen LogP contribution in [-0.4, -0.2) is 40.7 Å². The van der Waals surface area contributed by atoms with Crippen LogP contribution in [-0.2, 0) is 0 Å². The van der Waals surface area contributed by atoms with Gasteiger partial charge in [0.25, 0.3) is 0 Å². The van der Waals surface area contributed by atoms with Crippen LogP contribution in [0.5, 0.6) is 0 Å². The number of thiazole rings is 1. The van der Waals surface area contributed by atoms with Crippen LogP contribution in [0.25, 0.3) is 0 Å². The van der Waals surface area contributed by atoms with E-state index in [0.29, 0.717) is 10.8 Å². The molecule has 0 spiro atoms. The van der Waals surface area contributed by atoms with Gasteiger partial charge < -0.3 is 10.0 Å². The largest absolute Gasteiger partial charge is 0.477 e. The van der Waals surface area contributed by atoms with Crippen molar-refractivity contribution in [3.05, 3.63) is 10.6 Å². The van der Waals surface area contributed by atoms with Crippen molar-refractivity contribution in [2.45, 2.75) is 18.8 Å². The van der Waals surface area contributed by atoms with Gasteiger partial charge in [0.05, 0.1) is 5.69 Å². The first-order valence-corrected chi connectivity index (χ1v) is 7.79. The van der Waals surface area contributed by atoms with E-state index in [1.165, 1.54) is 11.3 Å². The molecule has 1 aliphatic heterocycles. The maximum atomic E-state index is 11.2. The standard InChI is InChI=1S/C11H14N2O2S2/c14-10(15)9-8(7-1-2-7)12-11(17-9)13-3-5-16-6-4-13/h7H,1-6H2,(H,14,15). The van der Waals surface area contributed by atoms with E-state index >= 15 is 0 Å². The monoisotopic (exact) mass is 270 g/mol. The summed E-state index contributed by atoms with van der Waals surface area (Å²) in [4.78, 5) is 18.5. The van der Waals surface area contributed by atoms with E-state index < -0.39 is 5.97 Å². The lowest BCUT2D eigenvalue weighted by molar-refractivity contribution is 0.0700. The number of hydrogen-bond donors (Lipinski definition) is 1. The van der Waals surface area contributed by atoms with E-state index in [4.69, 9.17) is 0 Å². The second kappa shape index (κ2) is 4.49. The molecule has 2 heterocycles. The summed E-state index contributed by atoms with van der Waals surface area (Å²) in [7, 11) is 0. The van der Waals surface area contributed by atoms with E-state index in [0.717, 1.165) is 48.3 Å². The zero-order chi connectivity index (χ0) is 11.8. The number of anilines is 1. The highest BCUT2D eigenvalue weighted by Gasteiger charge is 2.33. The maximum Gasteiger partial charge on any atom is 0.347 e. The van der Waals surface area contributed by atoms with Gasteiger partial charge in [-0.1, -0.05) is 11.3 Å². The Bertz CT molecular complexity index is 437. The summed E-state index contributed by atoms with van der Waals surface area (Å²) >= 11 is 3.30. The van der Waals surface area contributed by atoms with Crippen molar-refractivity contribution in [3.8, 4) is 0 Å². The second-order valence-electron chi connectivity index (χ2n) is 4.39. The molecule has 4 nitrogen and oxygen atoms in total. The minimum Gasteiger partial charge on any atom is -0.477 e. The minimum absolute atomic E-state index is 0.408. The lowest BCUT2D eigenvalue weighted by atomic mass is 10.2. The Kier molecular flexibility index (Phi) is 3.00. The maximum absolute atomic E-state index is 11.2. The van der Waals surface area contributed by atoms with Crippen LogP contribution in [0.4, 0.5) is 5.13 Å². The Morgan fingerprint density at radius 1 is 1.35 bits per heavy atom. The van der Waals surface area contributed by atoms with Gasteiger partial charge in [0, 0.05) is 30.5 Å². The Balaban J connectivity index is 1.89. The quantitative estimate of drug-likeness (QED) is 0.913. The highest BCUT2D eigenvalue weighted by Crippen LogP contribution is 2.44. The summed E-state index contributed by atoms with van der Waals surface area (Å²) in [6.45, 7) is 1.97. The SMILES string of the molecule is O=C(O)c1sc(N2CCSCC2)nc1C1CC1. The summed E-state index contributed by atoms with van der Waals surface area (Å²) in [6.07, 6.45) is 2.19. The van der Waals surface area contributed by atoms with Crippen LogP contribution in [0.2, 0.25) is 0 Å². The summed E-state index contributed by atoms with van der Waals surface area (Å²) in [6, 6.07) is 0. The number of hydrogen-bond acceptors (Lipinski definition) is 5. The predicted octanol–water partition coefficient (Wildman–Crippen LogP) is 2.27. The van der Waals surface area contributed by atoms with Crippen LogP contribution in [0.1, 0.15) is 34.1 Å². The molecule has 1 saturated heterocycles. The summed E-state index contributed by atoms with van der Waals surface area (Å²) in [5.41, 5.74) is 0.829. The first kappa shape index (κ1) is 11.3. The number of carboxylic acid groups (broad SMARTS) is 1. The summed E-state index contributed by atoms with van der Waals surface area (Å²) in [5, 5.41) is 10.1. The van der Waals surface area contributed by atoms with E-state index in [-0.39, 0.29) is 0 Å². The van der Waals surface area contributed by atoms with Crippen LogP contribution in [0, 0.1) is 0 Å². The van der Waals surface area contributed by atoms with Crippen molar-refractivity contribution in [3.63, 3.8) is 0 Å². The second-order valence-corrected chi connectivity index (χ2v) is 6.59. The molecule has 1 saturated carbocycles. The molecule has 6 heteroatoms. The van der Waals surface area contributed by atoms with E-state index in [1.54, 1.807) is 0 Å². The molecule has 1 aromatic heterocycles. The van der Waals surface area contributed by atoms with Crippen LogP contribution in [0.15, 0.2) is 0 Å². The fourth-order valence-corrected chi connectivity index (χ4v) is 3.94. The number of aromatic nitrogens is 1. The zero-order valence-corrected chi connectivity index (χ0v) is 11.0. The van der Waals surface area contributed by atoms with Crippen LogP contribution in [0.3, 0.4) is 0 Å². The molecule has 2 fully saturated rings. The molecule has 3 rings (SSSR count). The lowest BCUT2D eigenvalue weighted by Gasteiger charge is -2.25. The highest BCUT2D eigenvalue weighted by molar-refractivity contribution is 7.99. The van der Waals surface area contributed by atoms with Gasteiger partial charge in [-0.05, 0) is 12.8 Å². The topological polar surface area (TPSA) is 53.4 Å². The van der Waals surface area contributed by atoms with Gasteiger partial charge >= 0.3 is 5.97 Å². The number of aromatic carboxylic acids is 1. The molecule has 2 aliphatic rings. The Labute approximate surface area is 108 Å². The third-order valence-electron chi connectivity index (χ3n) is 3.08. The molecule has 92 valence electrons. The Hall–Kier alpha value is -0.750. The molecule has 0 atom stereocenters. The Morgan fingerprint density at radius 3 is 2.65 bits per heavy atom. The fraction of sp³-hybridized carbons (Fsp3) is 0.636. The molecule has 0 unspecified atom stereocenters. The van der Waals surface area contributed by atoms with Crippen molar-refractivity contribution in [1.82, 2.24) is 4.98 Å². The van der Waals surface area contributed by atoms with Crippen molar-refractivity contribution in [2.24, 2.45) is 0 Å². The van der Waals surface area contributed by atoms with Crippen LogP contribution < -0.4 is 4.90 Å². The average molecular weight is 270 g/mol. The molecule has 17 heavy (non-hydrogen) atoms. The van der Waals surface area contributed by atoms with Crippen molar-refractivity contribution in [2.75, 3.05) is 29.5 Å². The van der Waals surface area contributed by atoms with Crippen LogP contribution >= 0.6 is 23.1 Å². The predicted molar refractivity (Wildman–Crippen MR) is 70.6 cm³/mol. The van der Waals surface area contributed by atoms with Gasteiger partial charge in [-0.15, -0.1) is 0 Å². The summed E-state index contributed by atoms with van der Waals surface area (Å²) in [5.74, 6) is 1.81. The van der Waals surface area contributed by atoms with Gasteiger partial charge in [-0.3, -0.25) is 0 Å². The number of rotatable bonds is 3. The zero-order valence-electron chi connectivity index (χ0n) is 9.39. The van der Waals surface area contributed by atoms with Gasteiger partial charge in [-0.2, -0.15) is 11.8 Å². The first-order chi connectivity index (χ1) is 8.25. The van der Waals surface area contributed by atoms with Gasteiger partial charge in [0.2, 0.25) is 0 Å². The van der Waals surface area contributed by atoms with Gasteiger partial charge in [-0.25, -0.2) is 9.78 Å².